The number of rotatable bonds is 6. The number of amides is 1. The lowest BCUT2D eigenvalue weighted by atomic mass is 10.1. The zero-order chi connectivity index (χ0) is 18.8. The van der Waals surface area contributed by atoms with E-state index in [-0.39, 0.29) is 17.8 Å². The molecule has 0 aliphatic heterocycles. The second-order valence-electron chi connectivity index (χ2n) is 6.28. The molecule has 1 aliphatic rings. The lowest BCUT2D eigenvalue weighted by Crippen LogP contribution is -2.29. The third-order valence-electron chi connectivity index (χ3n) is 4.15. The molecule has 3 aromatic rings. The molecule has 0 unspecified atom stereocenters. The van der Waals surface area contributed by atoms with Crippen molar-refractivity contribution < 1.29 is 9.18 Å². The second-order valence-corrected chi connectivity index (χ2v) is 8.21. The lowest BCUT2D eigenvalue weighted by molar-refractivity contribution is -0.120. The van der Waals surface area contributed by atoms with Crippen LogP contribution in [0.25, 0.3) is 11.4 Å². The van der Waals surface area contributed by atoms with Crippen molar-refractivity contribution in [2.75, 3.05) is 0 Å². The van der Waals surface area contributed by atoms with Gasteiger partial charge in [-0.3, -0.25) is 9.89 Å². The van der Waals surface area contributed by atoms with Crippen molar-refractivity contribution in [3.63, 3.8) is 0 Å². The molecule has 1 aromatic heterocycles. The van der Waals surface area contributed by atoms with E-state index in [9.17, 15) is 9.18 Å². The Morgan fingerprint density at radius 1 is 1.22 bits per heavy atom. The Labute approximate surface area is 168 Å². The number of thioether (sulfide) groups is 1. The summed E-state index contributed by atoms with van der Waals surface area (Å²) in [7, 11) is 0. The summed E-state index contributed by atoms with van der Waals surface area (Å²) in [5, 5.41) is 10.1. The maximum absolute atomic E-state index is 13.3. The molecule has 0 saturated heterocycles. The lowest BCUT2D eigenvalue weighted by Gasteiger charge is -2.15. The Morgan fingerprint density at radius 2 is 1.96 bits per heavy atom. The number of H-pyrrole nitrogens is 1. The molecule has 8 heteroatoms. The number of benzene rings is 2. The molecule has 27 heavy (non-hydrogen) atoms. The van der Waals surface area contributed by atoms with Gasteiger partial charge in [0.15, 0.2) is 5.82 Å². The molecule has 2 N–H and O–H groups in total. The predicted octanol–water partition coefficient (Wildman–Crippen LogP) is 4.49. The van der Waals surface area contributed by atoms with Crippen LogP contribution in [-0.4, -0.2) is 27.1 Å². The van der Waals surface area contributed by atoms with Crippen LogP contribution in [-0.2, 0) is 4.79 Å². The number of halogens is 2. The van der Waals surface area contributed by atoms with Gasteiger partial charge in [0, 0.05) is 16.1 Å². The van der Waals surface area contributed by atoms with Crippen molar-refractivity contribution in [2.24, 2.45) is 0 Å². The van der Waals surface area contributed by atoms with E-state index in [1.165, 1.54) is 23.9 Å². The number of hydrogen-bond acceptors (Lipinski definition) is 4. The van der Waals surface area contributed by atoms with E-state index in [2.05, 4.69) is 36.4 Å². The van der Waals surface area contributed by atoms with Gasteiger partial charge in [0.2, 0.25) is 11.1 Å². The van der Waals surface area contributed by atoms with Gasteiger partial charge in [0.1, 0.15) is 11.1 Å². The zero-order valence-electron chi connectivity index (χ0n) is 14.2. The van der Waals surface area contributed by atoms with Gasteiger partial charge in [-0.1, -0.05) is 58.0 Å². The van der Waals surface area contributed by atoms with Gasteiger partial charge in [-0.2, -0.15) is 0 Å². The molecule has 1 saturated carbocycles. The van der Waals surface area contributed by atoms with E-state index in [0.29, 0.717) is 16.5 Å². The first-order chi connectivity index (χ1) is 13.1. The summed E-state index contributed by atoms with van der Waals surface area (Å²) < 4.78 is 14.2. The molecule has 4 rings (SSSR count). The van der Waals surface area contributed by atoms with Crippen LogP contribution in [0.4, 0.5) is 4.39 Å². The van der Waals surface area contributed by atoms with Gasteiger partial charge in [-0.25, -0.2) is 9.37 Å². The SMILES string of the molecule is O=C(NC1CC1)[C@H](Sc1n[nH]c(-c2ccccc2Br)n1)c1ccc(F)cc1. The van der Waals surface area contributed by atoms with Crippen LogP contribution < -0.4 is 5.32 Å². The fourth-order valence-electron chi connectivity index (χ4n) is 2.59. The van der Waals surface area contributed by atoms with Gasteiger partial charge in [-0.05, 0) is 36.6 Å². The first-order valence-electron chi connectivity index (χ1n) is 8.50. The Morgan fingerprint density at radius 3 is 2.67 bits per heavy atom. The van der Waals surface area contributed by atoms with Crippen molar-refractivity contribution in [1.82, 2.24) is 20.5 Å². The van der Waals surface area contributed by atoms with Crippen molar-refractivity contribution in [2.45, 2.75) is 29.3 Å². The van der Waals surface area contributed by atoms with Gasteiger partial charge >= 0.3 is 0 Å². The van der Waals surface area contributed by atoms with Gasteiger partial charge < -0.3 is 5.32 Å². The quantitative estimate of drug-likeness (QED) is 0.547. The summed E-state index contributed by atoms with van der Waals surface area (Å²) in [6.45, 7) is 0. The molecule has 1 amide bonds. The molecule has 1 fully saturated rings. The van der Waals surface area contributed by atoms with Crippen molar-refractivity contribution >= 4 is 33.6 Å². The molecule has 1 heterocycles. The summed E-state index contributed by atoms with van der Waals surface area (Å²) in [6.07, 6.45) is 2.00. The summed E-state index contributed by atoms with van der Waals surface area (Å²) in [6, 6.07) is 13.9. The molecular formula is C19H16BrFN4OS. The maximum atomic E-state index is 13.3. The number of carbonyl (C=O) groups excluding carboxylic acids is 1. The average Bonchev–Trinajstić information content (AvgIpc) is 3.36. The summed E-state index contributed by atoms with van der Waals surface area (Å²) in [4.78, 5) is 17.2. The fourth-order valence-corrected chi connectivity index (χ4v) is 3.99. The third kappa shape index (κ3) is 4.39. The van der Waals surface area contributed by atoms with E-state index in [4.69, 9.17) is 0 Å². The molecule has 0 bridgehead atoms. The third-order valence-corrected chi connectivity index (χ3v) is 5.96. The van der Waals surface area contributed by atoms with Crippen LogP contribution in [0.2, 0.25) is 0 Å². The van der Waals surface area contributed by atoms with E-state index in [1.54, 1.807) is 12.1 Å². The summed E-state index contributed by atoms with van der Waals surface area (Å²) in [5.41, 5.74) is 1.60. The molecule has 1 atom stereocenters. The second kappa shape index (κ2) is 7.82. The van der Waals surface area contributed by atoms with Crippen LogP contribution in [0.3, 0.4) is 0 Å². The molecule has 5 nitrogen and oxygen atoms in total. The minimum Gasteiger partial charge on any atom is -0.352 e. The number of aromatic nitrogens is 3. The Hall–Kier alpha value is -2.19. The van der Waals surface area contributed by atoms with E-state index < -0.39 is 5.25 Å². The highest BCUT2D eigenvalue weighted by atomic mass is 79.9. The van der Waals surface area contributed by atoms with Crippen molar-refractivity contribution in [3.8, 4) is 11.4 Å². The average molecular weight is 447 g/mol. The Bertz CT molecular complexity index is 958. The number of nitrogens with one attached hydrogen (secondary N) is 2. The number of aromatic amines is 1. The van der Waals surface area contributed by atoms with E-state index in [1.807, 2.05) is 24.3 Å². The van der Waals surface area contributed by atoms with Gasteiger partial charge in [-0.15, -0.1) is 5.10 Å². The molecule has 0 spiro atoms. The highest BCUT2D eigenvalue weighted by Crippen LogP contribution is 2.36. The van der Waals surface area contributed by atoms with Gasteiger partial charge in [0.05, 0.1) is 0 Å². The minimum atomic E-state index is -0.547. The number of hydrogen-bond donors (Lipinski definition) is 2. The van der Waals surface area contributed by atoms with Crippen molar-refractivity contribution in [1.29, 1.82) is 0 Å². The molecular weight excluding hydrogens is 431 g/mol. The molecule has 138 valence electrons. The summed E-state index contributed by atoms with van der Waals surface area (Å²) >= 11 is 4.74. The fraction of sp³-hybridized carbons (Fsp3) is 0.211. The van der Waals surface area contributed by atoms with E-state index >= 15 is 0 Å². The first-order valence-corrected chi connectivity index (χ1v) is 10.2. The molecule has 0 radical (unpaired) electrons. The topological polar surface area (TPSA) is 70.7 Å². The molecule has 1 aliphatic carbocycles. The monoisotopic (exact) mass is 446 g/mol. The molecule has 2 aromatic carbocycles. The van der Waals surface area contributed by atoms with Crippen molar-refractivity contribution in [3.05, 3.63) is 64.4 Å². The van der Waals surface area contributed by atoms with Crippen LogP contribution in [0.1, 0.15) is 23.7 Å². The van der Waals surface area contributed by atoms with Crippen LogP contribution in [0.15, 0.2) is 58.2 Å². The minimum absolute atomic E-state index is 0.110. The van der Waals surface area contributed by atoms with Gasteiger partial charge in [0.25, 0.3) is 0 Å². The number of nitrogens with zero attached hydrogens (tertiary/aromatic N) is 2. The summed E-state index contributed by atoms with van der Waals surface area (Å²) in [5.74, 6) is 0.172. The van der Waals surface area contributed by atoms with Crippen LogP contribution in [0, 0.1) is 5.82 Å². The Kier molecular flexibility index (Phi) is 5.27. The predicted molar refractivity (Wildman–Crippen MR) is 106 cm³/mol. The standard InChI is InChI=1S/C19H16BrFN4OS/c20-15-4-2-1-3-14(15)17-23-19(25-24-17)27-16(18(26)22-13-9-10-13)11-5-7-12(21)8-6-11/h1-8,13,16H,9-10H2,(H,22,26)(H,23,24,25)/t16-/m1/s1. The smallest absolute Gasteiger partial charge is 0.238 e. The van der Waals surface area contributed by atoms with E-state index in [0.717, 1.165) is 22.9 Å². The first kappa shape index (κ1) is 18.2. The van der Waals surface area contributed by atoms with Crippen LogP contribution in [0.5, 0.6) is 0 Å². The number of carbonyl (C=O) groups is 1. The highest BCUT2D eigenvalue weighted by molar-refractivity contribution is 9.10. The normalized spacial score (nSPS) is 14.7. The Balaban J connectivity index is 1.58. The largest absolute Gasteiger partial charge is 0.352 e. The highest BCUT2D eigenvalue weighted by Gasteiger charge is 2.30. The van der Waals surface area contributed by atoms with Crippen LogP contribution >= 0.6 is 27.7 Å². The maximum Gasteiger partial charge on any atom is 0.238 e. The zero-order valence-corrected chi connectivity index (χ0v) is 16.6.